The smallest absolute Gasteiger partial charge is 0.211 e. The van der Waals surface area contributed by atoms with Crippen molar-refractivity contribution in [1.29, 1.82) is 0 Å². The third-order valence-electron chi connectivity index (χ3n) is 1.95. The van der Waals surface area contributed by atoms with Gasteiger partial charge in [-0.15, -0.1) is 0 Å². The highest BCUT2D eigenvalue weighted by molar-refractivity contribution is 7.89. The lowest BCUT2D eigenvalue weighted by molar-refractivity contribution is 0.582. The summed E-state index contributed by atoms with van der Waals surface area (Å²) in [6.45, 7) is 2.28. The summed E-state index contributed by atoms with van der Waals surface area (Å²) in [7, 11) is -3.43. The number of sulfonamides is 1. The summed E-state index contributed by atoms with van der Waals surface area (Å²) < 4.78 is 26.0. The summed E-state index contributed by atoms with van der Waals surface area (Å²) in [5.41, 5.74) is 0. The van der Waals surface area contributed by atoms with Crippen LogP contribution in [0.15, 0.2) is 41.3 Å². The number of hydrogen-bond acceptors (Lipinski definition) is 2. The van der Waals surface area contributed by atoms with Crippen LogP contribution in [-0.2, 0) is 10.0 Å². The van der Waals surface area contributed by atoms with Crippen molar-refractivity contribution < 1.29 is 8.42 Å². The van der Waals surface area contributed by atoms with Gasteiger partial charge in [-0.25, -0.2) is 13.1 Å². The fraction of sp³-hybridized carbons (Fsp3) is 0.273. The van der Waals surface area contributed by atoms with E-state index in [2.05, 4.69) is 4.72 Å². The van der Waals surface area contributed by atoms with Crippen LogP contribution in [0.25, 0.3) is 0 Å². The van der Waals surface area contributed by atoms with E-state index in [1.807, 2.05) is 19.1 Å². The SMILES string of the molecule is C/C=C/CCNS(=O)(=O)c1cccc(Cl)c1. The Morgan fingerprint density at radius 2 is 2.19 bits per heavy atom. The van der Waals surface area contributed by atoms with Crippen LogP contribution in [0, 0.1) is 0 Å². The zero-order valence-electron chi connectivity index (χ0n) is 8.98. The first-order chi connectivity index (χ1) is 7.56. The predicted octanol–water partition coefficient (Wildman–Crippen LogP) is 2.58. The molecule has 0 saturated heterocycles. The van der Waals surface area contributed by atoms with Gasteiger partial charge in [-0.2, -0.15) is 0 Å². The Labute approximate surface area is 101 Å². The van der Waals surface area contributed by atoms with Gasteiger partial charge in [0.1, 0.15) is 0 Å². The van der Waals surface area contributed by atoms with Gasteiger partial charge in [0.05, 0.1) is 4.90 Å². The van der Waals surface area contributed by atoms with Gasteiger partial charge in [0, 0.05) is 11.6 Å². The Hall–Kier alpha value is -0.840. The second kappa shape index (κ2) is 6.03. The van der Waals surface area contributed by atoms with E-state index >= 15 is 0 Å². The Kier molecular flexibility index (Phi) is 4.99. The fourth-order valence-corrected chi connectivity index (χ4v) is 2.51. The van der Waals surface area contributed by atoms with Crippen molar-refractivity contribution in [3.8, 4) is 0 Å². The average Bonchev–Trinajstić information content (AvgIpc) is 2.24. The molecular formula is C11H14ClNO2S. The van der Waals surface area contributed by atoms with Crippen molar-refractivity contribution in [2.45, 2.75) is 18.2 Å². The second-order valence-corrected chi connectivity index (χ2v) is 5.42. The molecule has 0 aliphatic heterocycles. The summed E-state index contributed by atoms with van der Waals surface area (Å²) in [5, 5.41) is 0.413. The average molecular weight is 260 g/mol. The molecule has 3 nitrogen and oxygen atoms in total. The first-order valence-electron chi connectivity index (χ1n) is 4.92. The number of hydrogen-bond donors (Lipinski definition) is 1. The van der Waals surface area contributed by atoms with Crippen molar-refractivity contribution in [3.05, 3.63) is 41.4 Å². The van der Waals surface area contributed by atoms with E-state index in [0.717, 1.165) is 0 Å². The molecule has 0 aliphatic rings. The summed E-state index contributed by atoms with van der Waals surface area (Å²) in [6.07, 6.45) is 4.46. The number of benzene rings is 1. The lowest BCUT2D eigenvalue weighted by Crippen LogP contribution is -2.24. The van der Waals surface area contributed by atoms with Gasteiger partial charge in [0.25, 0.3) is 0 Å². The van der Waals surface area contributed by atoms with E-state index in [1.165, 1.54) is 12.1 Å². The fourth-order valence-electron chi connectivity index (χ4n) is 1.16. The highest BCUT2D eigenvalue weighted by atomic mass is 35.5. The molecule has 0 saturated carbocycles. The lowest BCUT2D eigenvalue weighted by Gasteiger charge is -2.05. The summed E-state index contributed by atoms with van der Waals surface area (Å²) in [5.74, 6) is 0. The number of nitrogens with one attached hydrogen (secondary N) is 1. The zero-order valence-corrected chi connectivity index (χ0v) is 10.6. The van der Waals surface area contributed by atoms with Crippen LogP contribution < -0.4 is 4.72 Å². The molecule has 16 heavy (non-hydrogen) atoms. The topological polar surface area (TPSA) is 46.2 Å². The van der Waals surface area contributed by atoms with Gasteiger partial charge >= 0.3 is 0 Å². The van der Waals surface area contributed by atoms with Crippen molar-refractivity contribution in [2.75, 3.05) is 6.54 Å². The van der Waals surface area contributed by atoms with Gasteiger partial charge in [0.2, 0.25) is 10.0 Å². The molecule has 0 fully saturated rings. The Morgan fingerprint density at radius 3 is 2.81 bits per heavy atom. The van der Waals surface area contributed by atoms with Crippen LogP contribution in [0.5, 0.6) is 0 Å². The number of rotatable bonds is 5. The van der Waals surface area contributed by atoms with Gasteiger partial charge in [0.15, 0.2) is 0 Å². The third-order valence-corrected chi connectivity index (χ3v) is 3.64. The van der Waals surface area contributed by atoms with E-state index < -0.39 is 10.0 Å². The number of halogens is 1. The Balaban J connectivity index is 2.71. The molecule has 0 atom stereocenters. The van der Waals surface area contributed by atoms with Crippen molar-refractivity contribution in [1.82, 2.24) is 4.72 Å². The molecule has 88 valence electrons. The van der Waals surface area contributed by atoms with Crippen LogP contribution in [0.3, 0.4) is 0 Å². The molecular weight excluding hydrogens is 246 g/mol. The van der Waals surface area contributed by atoms with Crippen LogP contribution in [0.2, 0.25) is 5.02 Å². The van der Waals surface area contributed by atoms with Gasteiger partial charge in [-0.05, 0) is 31.5 Å². The van der Waals surface area contributed by atoms with Gasteiger partial charge in [-0.3, -0.25) is 0 Å². The highest BCUT2D eigenvalue weighted by Gasteiger charge is 2.12. The molecule has 0 bridgehead atoms. The van der Waals surface area contributed by atoms with E-state index in [0.29, 0.717) is 18.0 Å². The largest absolute Gasteiger partial charge is 0.240 e. The molecule has 0 aromatic heterocycles. The minimum absolute atomic E-state index is 0.195. The van der Waals surface area contributed by atoms with Crippen LogP contribution >= 0.6 is 11.6 Å². The molecule has 0 spiro atoms. The standard InChI is InChI=1S/C11H14ClNO2S/c1-2-3-4-8-13-16(14,15)11-7-5-6-10(12)9-11/h2-3,5-7,9,13H,4,8H2,1H3/b3-2+. The summed E-state index contributed by atoms with van der Waals surface area (Å²) in [6, 6.07) is 6.20. The van der Waals surface area contributed by atoms with E-state index in [9.17, 15) is 8.42 Å². The molecule has 0 radical (unpaired) electrons. The molecule has 1 aromatic carbocycles. The van der Waals surface area contributed by atoms with Gasteiger partial charge in [-0.1, -0.05) is 29.8 Å². The second-order valence-electron chi connectivity index (χ2n) is 3.21. The molecule has 1 aromatic rings. The van der Waals surface area contributed by atoms with Crippen LogP contribution in [0.1, 0.15) is 13.3 Å². The molecule has 0 heterocycles. The molecule has 0 amide bonds. The zero-order chi connectivity index (χ0) is 12.0. The highest BCUT2D eigenvalue weighted by Crippen LogP contribution is 2.14. The molecule has 1 N–H and O–H groups in total. The van der Waals surface area contributed by atoms with Crippen molar-refractivity contribution in [3.63, 3.8) is 0 Å². The Bertz CT molecular complexity index is 469. The molecule has 5 heteroatoms. The van der Waals surface area contributed by atoms with Crippen LogP contribution in [0.4, 0.5) is 0 Å². The lowest BCUT2D eigenvalue weighted by atomic mass is 10.4. The predicted molar refractivity (Wildman–Crippen MR) is 66.1 cm³/mol. The molecule has 1 rings (SSSR count). The van der Waals surface area contributed by atoms with E-state index in [4.69, 9.17) is 11.6 Å². The maximum absolute atomic E-state index is 11.8. The first kappa shape index (κ1) is 13.2. The summed E-state index contributed by atoms with van der Waals surface area (Å²) in [4.78, 5) is 0.195. The van der Waals surface area contributed by atoms with Crippen molar-refractivity contribution >= 4 is 21.6 Å². The minimum Gasteiger partial charge on any atom is -0.211 e. The van der Waals surface area contributed by atoms with Crippen molar-refractivity contribution in [2.24, 2.45) is 0 Å². The summed E-state index contributed by atoms with van der Waals surface area (Å²) >= 11 is 5.73. The quantitative estimate of drug-likeness (QED) is 0.653. The number of allylic oxidation sites excluding steroid dienone is 1. The van der Waals surface area contributed by atoms with Gasteiger partial charge < -0.3 is 0 Å². The third kappa shape index (κ3) is 3.96. The van der Waals surface area contributed by atoms with E-state index in [-0.39, 0.29) is 4.90 Å². The maximum Gasteiger partial charge on any atom is 0.240 e. The van der Waals surface area contributed by atoms with Crippen LogP contribution in [-0.4, -0.2) is 15.0 Å². The first-order valence-corrected chi connectivity index (χ1v) is 6.79. The molecule has 0 unspecified atom stereocenters. The Morgan fingerprint density at radius 1 is 1.44 bits per heavy atom. The molecule has 0 aliphatic carbocycles. The normalized spacial score (nSPS) is 12.1. The van der Waals surface area contributed by atoms with E-state index in [1.54, 1.807) is 12.1 Å². The maximum atomic E-state index is 11.8. The minimum atomic E-state index is -3.43. The monoisotopic (exact) mass is 259 g/mol.